The Morgan fingerprint density at radius 3 is 1.90 bits per heavy atom. The third kappa shape index (κ3) is 7.41. The Morgan fingerprint density at radius 2 is 1.38 bits per heavy atom. The number of nitrogens with one attached hydrogen (secondary N) is 1. The molecule has 10 heteroatoms. The third-order valence-electron chi connectivity index (χ3n) is 7.68. The minimum absolute atomic E-state index is 0.112. The van der Waals surface area contributed by atoms with Gasteiger partial charge in [0.2, 0.25) is 0 Å². The monoisotopic (exact) mass is 607 g/mol. The van der Waals surface area contributed by atoms with E-state index in [4.69, 9.17) is 23.2 Å². The van der Waals surface area contributed by atoms with Gasteiger partial charge >= 0.3 is 0 Å². The average molecular weight is 609 g/mol. The van der Waals surface area contributed by atoms with E-state index in [-0.39, 0.29) is 17.4 Å². The number of likely N-dealkylation sites (tertiary alicyclic amines) is 2. The van der Waals surface area contributed by atoms with Crippen molar-refractivity contribution in [3.8, 4) is 0 Å². The Hall–Kier alpha value is -2.07. The van der Waals surface area contributed by atoms with E-state index >= 15 is 0 Å². The Kier molecular flexibility index (Phi) is 9.14. The summed E-state index contributed by atoms with van der Waals surface area (Å²) in [6, 6.07) is 18.1. The van der Waals surface area contributed by atoms with Crippen LogP contribution in [-0.4, -0.2) is 68.8 Å². The van der Waals surface area contributed by atoms with Crippen molar-refractivity contribution in [2.24, 2.45) is 0 Å². The number of benzene rings is 3. The average Bonchev–Trinajstić information content (AvgIpc) is 3.37. The second-order valence-corrected chi connectivity index (χ2v) is 13.9. The van der Waals surface area contributed by atoms with Crippen LogP contribution in [0.25, 0.3) is 0 Å². The highest BCUT2D eigenvalue weighted by molar-refractivity contribution is 7.90. The Bertz CT molecular complexity index is 1340. The summed E-state index contributed by atoms with van der Waals surface area (Å²) in [5, 5.41) is 4.86. The van der Waals surface area contributed by atoms with E-state index in [9.17, 15) is 17.2 Å². The molecule has 2 heterocycles. The summed E-state index contributed by atoms with van der Waals surface area (Å²) >= 11 is 12.3. The maximum Gasteiger partial charge on any atom is 0.156 e. The van der Waals surface area contributed by atoms with Crippen molar-refractivity contribution < 1.29 is 17.2 Å². The molecule has 0 bridgehead atoms. The van der Waals surface area contributed by atoms with Crippen molar-refractivity contribution in [2.75, 3.05) is 45.0 Å². The van der Waals surface area contributed by atoms with Crippen molar-refractivity contribution in [1.82, 2.24) is 15.1 Å². The van der Waals surface area contributed by atoms with Crippen LogP contribution in [0.1, 0.15) is 35.6 Å². The highest BCUT2D eigenvalue weighted by Gasteiger charge is 2.48. The smallest absolute Gasteiger partial charge is 0.156 e. The molecule has 0 radical (unpaired) electrons. The minimum atomic E-state index is -3.70. The van der Waals surface area contributed by atoms with Gasteiger partial charge in [-0.2, -0.15) is 0 Å². The molecule has 0 unspecified atom stereocenters. The summed E-state index contributed by atoms with van der Waals surface area (Å²) in [6.45, 7) is 4.58. The maximum atomic E-state index is 13.8. The predicted octanol–water partition coefficient (Wildman–Crippen LogP) is 5.72. The second kappa shape index (κ2) is 12.4. The van der Waals surface area contributed by atoms with Gasteiger partial charge in [0.05, 0.1) is 23.1 Å². The van der Waals surface area contributed by atoms with Crippen LogP contribution in [0.4, 0.5) is 8.78 Å². The first-order valence-corrected chi connectivity index (χ1v) is 16.1. The summed E-state index contributed by atoms with van der Waals surface area (Å²) < 4.78 is 54.3. The van der Waals surface area contributed by atoms with Crippen molar-refractivity contribution in [3.63, 3.8) is 0 Å². The molecule has 5 rings (SSSR count). The third-order valence-corrected chi connectivity index (χ3v) is 9.95. The number of hydrogen-bond acceptors (Lipinski definition) is 5. The molecule has 0 aromatic heterocycles. The summed E-state index contributed by atoms with van der Waals surface area (Å²) in [5.74, 6) is -2.13. The van der Waals surface area contributed by atoms with Crippen LogP contribution in [-0.2, 0) is 15.6 Å². The van der Waals surface area contributed by atoms with E-state index in [1.807, 2.05) is 48.5 Å². The number of sulfone groups is 1. The quantitative estimate of drug-likeness (QED) is 0.302. The van der Waals surface area contributed by atoms with Gasteiger partial charge in [0.15, 0.2) is 9.84 Å². The molecule has 0 saturated carbocycles. The standard InChI is InChI=1S/C30H33Cl2F2N3O2S/c31-25-7-3-23(4-8-25)29(24-5-9-26(32)10-6-24)37-19-30(20-37,35-11-14-36-12-1-2-13-36)21-40(38,39)18-22-15-27(33)17-28(34)16-22/h3-10,15-17,29,35H,1-2,11-14,18-21H2. The molecule has 0 aliphatic carbocycles. The number of halogens is 4. The second-order valence-electron chi connectivity index (χ2n) is 11.0. The van der Waals surface area contributed by atoms with E-state index in [1.165, 1.54) is 12.8 Å². The van der Waals surface area contributed by atoms with Gasteiger partial charge in [-0.25, -0.2) is 17.2 Å². The lowest BCUT2D eigenvalue weighted by atomic mass is 9.86. The van der Waals surface area contributed by atoms with Gasteiger partial charge in [0.1, 0.15) is 11.6 Å². The van der Waals surface area contributed by atoms with E-state index in [2.05, 4.69) is 15.1 Å². The molecule has 214 valence electrons. The number of hydrogen-bond donors (Lipinski definition) is 1. The van der Waals surface area contributed by atoms with Gasteiger partial charge in [0.25, 0.3) is 0 Å². The zero-order valence-electron chi connectivity index (χ0n) is 22.1. The molecule has 40 heavy (non-hydrogen) atoms. The lowest BCUT2D eigenvalue weighted by molar-refractivity contribution is 0.0297. The molecule has 3 aromatic carbocycles. The van der Waals surface area contributed by atoms with Gasteiger partial charge < -0.3 is 10.2 Å². The van der Waals surface area contributed by atoms with Crippen molar-refractivity contribution in [1.29, 1.82) is 0 Å². The highest BCUT2D eigenvalue weighted by Crippen LogP contribution is 2.38. The number of rotatable bonds is 11. The van der Waals surface area contributed by atoms with Crippen molar-refractivity contribution in [3.05, 3.63) is 105 Å². The van der Waals surface area contributed by atoms with Crippen LogP contribution >= 0.6 is 23.2 Å². The first kappa shape index (κ1) is 29.4. The predicted molar refractivity (Wildman–Crippen MR) is 157 cm³/mol. The Morgan fingerprint density at radius 1 is 0.850 bits per heavy atom. The van der Waals surface area contributed by atoms with E-state index < -0.39 is 32.8 Å². The molecule has 0 amide bonds. The van der Waals surface area contributed by atoms with Gasteiger partial charge in [-0.05, 0) is 79.0 Å². The van der Waals surface area contributed by atoms with Crippen LogP contribution < -0.4 is 5.32 Å². The van der Waals surface area contributed by atoms with Crippen molar-refractivity contribution >= 4 is 33.0 Å². The zero-order valence-corrected chi connectivity index (χ0v) is 24.5. The molecule has 2 aliphatic heterocycles. The van der Waals surface area contributed by atoms with E-state index in [0.717, 1.165) is 49.0 Å². The first-order chi connectivity index (χ1) is 19.1. The fourth-order valence-corrected chi connectivity index (χ4v) is 8.13. The van der Waals surface area contributed by atoms with E-state index in [0.29, 0.717) is 29.7 Å². The van der Waals surface area contributed by atoms with Crippen LogP contribution in [0.3, 0.4) is 0 Å². The van der Waals surface area contributed by atoms with E-state index in [1.54, 1.807) is 0 Å². The van der Waals surface area contributed by atoms with Crippen LogP contribution in [0.5, 0.6) is 0 Å². The molecule has 5 nitrogen and oxygen atoms in total. The summed E-state index contributed by atoms with van der Waals surface area (Å²) in [7, 11) is -3.70. The summed E-state index contributed by atoms with van der Waals surface area (Å²) in [4.78, 5) is 4.62. The summed E-state index contributed by atoms with van der Waals surface area (Å²) in [5.41, 5.74) is 1.49. The number of nitrogens with zero attached hydrogens (tertiary/aromatic N) is 2. The molecular formula is C30H33Cl2F2N3O2S. The summed E-state index contributed by atoms with van der Waals surface area (Å²) in [6.07, 6.45) is 2.36. The Balaban J connectivity index is 1.37. The fraction of sp³-hybridized carbons (Fsp3) is 0.400. The Labute approximate surface area is 245 Å². The van der Waals surface area contributed by atoms with Gasteiger partial charge in [-0.15, -0.1) is 0 Å². The normalized spacial score (nSPS) is 17.8. The molecule has 2 aliphatic rings. The molecule has 1 N–H and O–H groups in total. The fourth-order valence-electron chi connectivity index (χ4n) is 5.98. The van der Waals surface area contributed by atoms with Crippen LogP contribution in [0.2, 0.25) is 10.0 Å². The zero-order chi connectivity index (χ0) is 28.3. The van der Waals surface area contributed by atoms with Gasteiger partial charge in [-0.1, -0.05) is 47.5 Å². The molecule has 2 fully saturated rings. The van der Waals surface area contributed by atoms with Crippen molar-refractivity contribution in [2.45, 2.75) is 30.2 Å². The maximum absolute atomic E-state index is 13.8. The largest absolute Gasteiger partial charge is 0.307 e. The van der Waals surface area contributed by atoms with Gasteiger partial charge in [0, 0.05) is 42.3 Å². The topological polar surface area (TPSA) is 52.7 Å². The molecule has 2 saturated heterocycles. The highest BCUT2D eigenvalue weighted by atomic mass is 35.5. The lowest BCUT2D eigenvalue weighted by Crippen LogP contribution is -2.72. The van der Waals surface area contributed by atoms with Gasteiger partial charge in [-0.3, -0.25) is 4.90 Å². The van der Waals surface area contributed by atoms with Crippen LogP contribution in [0, 0.1) is 11.6 Å². The molecule has 0 spiro atoms. The first-order valence-electron chi connectivity index (χ1n) is 13.5. The lowest BCUT2D eigenvalue weighted by Gasteiger charge is -2.54. The minimum Gasteiger partial charge on any atom is -0.307 e. The molecule has 0 atom stereocenters. The molecule has 3 aromatic rings. The molecular weight excluding hydrogens is 575 g/mol. The SMILES string of the molecule is O=S(=O)(Cc1cc(F)cc(F)c1)CC1(NCCN2CCCC2)CN(C(c2ccc(Cl)cc2)c2ccc(Cl)cc2)C1. The van der Waals surface area contributed by atoms with Crippen LogP contribution in [0.15, 0.2) is 66.7 Å².